The third-order valence-electron chi connectivity index (χ3n) is 4.56. The van der Waals surface area contributed by atoms with E-state index in [2.05, 4.69) is 4.98 Å². The van der Waals surface area contributed by atoms with E-state index in [0.29, 0.717) is 42.0 Å². The number of aromatic nitrogens is 1. The smallest absolute Gasteiger partial charge is 0.312 e. The number of fused-ring (bicyclic) bond motifs is 1. The minimum Gasteiger partial charge on any atom is -0.493 e. The van der Waals surface area contributed by atoms with Crippen LogP contribution in [0.25, 0.3) is 10.6 Å². The Balaban J connectivity index is 1.38. The summed E-state index contributed by atoms with van der Waals surface area (Å²) in [7, 11) is 0. The molecule has 1 aliphatic rings. The van der Waals surface area contributed by atoms with Crippen LogP contribution >= 0.6 is 22.9 Å². The van der Waals surface area contributed by atoms with E-state index < -0.39 is 0 Å². The zero-order valence-electron chi connectivity index (χ0n) is 17.1. The second-order valence-corrected chi connectivity index (χ2v) is 8.13. The van der Waals surface area contributed by atoms with Gasteiger partial charge in [0.2, 0.25) is 0 Å². The van der Waals surface area contributed by atoms with E-state index in [4.69, 9.17) is 30.5 Å². The van der Waals surface area contributed by atoms with Crippen LogP contribution in [0.1, 0.15) is 24.6 Å². The van der Waals surface area contributed by atoms with Gasteiger partial charge in [-0.3, -0.25) is 4.79 Å². The number of nitrogens with zero attached hydrogens (tertiary/aromatic N) is 1. The molecule has 0 N–H and O–H groups in total. The molecule has 0 spiro atoms. The van der Waals surface area contributed by atoms with Gasteiger partial charge >= 0.3 is 5.97 Å². The van der Waals surface area contributed by atoms with Gasteiger partial charge in [-0.15, -0.1) is 11.3 Å². The second-order valence-electron chi connectivity index (χ2n) is 6.87. The van der Waals surface area contributed by atoms with Gasteiger partial charge in [0.05, 0.1) is 42.5 Å². The molecule has 0 fully saturated rings. The second kappa shape index (κ2) is 10.0. The lowest BCUT2D eigenvalue weighted by atomic mass is 10.2. The SMILES string of the molecule is CCOc1ccccc1-c1nc(CC(=O)OCc2cc(Cl)c3c(c2)OCCCO3)cs1. The average Bonchev–Trinajstić information content (AvgIpc) is 3.08. The highest BCUT2D eigenvalue weighted by molar-refractivity contribution is 7.13. The first kappa shape index (κ1) is 21.5. The molecule has 0 amide bonds. The fourth-order valence-corrected chi connectivity index (χ4v) is 4.30. The molecule has 4 rings (SSSR count). The number of ether oxygens (including phenoxy) is 4. The number of hydrogen-bond acceptors (Lipinski definition) is 7. The van der Waals surface area contributed by atoms with E-state index in [0.717, 1.165) is 28.3 Å². The maximum absolute atomic E-state index is 12.4. The quantitative estimate of drug-likeness (QED) is 0.446. The molecular weight excluding hydrogens is 438 g/mol. The van der Waals surface area contributed by atoms with Crippen molar-refractivity contribution in [3.8, 4) is 27.8 Å². The summed E-state index contributed by atoms with van der Waals surface area (Å²) >= 11 is 7.77. The number of esters is 1. The molecule has 2 aromatic carbocycles. The van der Waals surface area contributed by atoms with Gasteiger partial charge in [-0.05, 0) is 36.8 Å². The van der Waals surface area contributed by atoms with E-state index >= 15 is 0 Å². The number of carbonyl (C=O) groups excluding carboxylic acids is 1. The van der Waals surface area contributed by atoms with Crippen molar-refractivity contribution in [1.82, 2.24) is 4.98 Å². The molecule has 31 heavy (non-hydrogen) atoms. The molecule has 6 nitrogen and oxygen atoms in total. The molecule has 3 aromatic rings. The Bertz CT molecular complexity index is 1070. The van der Waals surface area contributed by atoms with Crippen molar-refractivity contribution in [3.05, 3.63) is 58.1 Å². The first-order valence-corrected chi connectivity index (χ1v) is 11.3. The van der Waals surface area contributed by atoms with E-state index in [1.54, 1.807) is 12.1 Å². The molecule has 2 heterocycles. The molecule has 1 aromatic heterocycles. The third-order valence-corrected chi connectivity index (χ3v) is 5.76. The fraction of sp³-hybridized carbons (Fsp3) is 0.304. The zero-order chi connectivity index (χ0) is 21.6. The molecule has 8 heteroatoms. The summed E-state index contributed by atoms with van der Waals surface area (Å²) in [6.45, 7) is 3.73. The lowest BCUT2D eigenvalue weighted by molar-refractivity contribution is -0.144. The van der Waals surface area contributed by atoms with Gasteiger partial charge in [0.1, 0.15) is 17.4 Å². The molecule has 162 valence electrons. The first-order valence-electron chi connectivity index (χ1n) is 10.0. The molecule has 0 unspecified atom stereocenters. The van der Waals surface area contributed by atoms with Crippen molar-refractivity contribution in [2.75, 3.05) is 19.8 Å². The van der Waals surface area contributed by atoms with Crippen molar-refractivity contribution in [1.29, 1.82) is 0 Å². The lowest BCUT2D eigenvalue weighted by Gasteiger charge is -2.11. The number of thiazole rings is 1. The summed E-state index contributed by atoms with van der Waals surface area (Å²) < 4.78 is 22.4. The van der Waals surface area contributed by atoms with Crippen LogP contribution in [-0.2, 0) is 22.6 Å². The topological polar surface area (TPSA) is 66.9 Å². The summed E-state index contributed by atoms with van der Waals surface area (Å²) in [6.07, 6.45) is 0.881. The molecule has 0 radical (unpaired) electrons. The maximum atomic E-state index is 12.4. The molecule has 0 aliphatic carbocycles. The minimum atomic E-state index is -0.363. The molecule has 0 atom stereocenters. The van der Waals surface area contributed by atoms with Gasteiger partial charge in [0, 0.05) is 11.8 Å². The Labute approximate surface area is 189 Å². The predicted molar refractivity (Wildman–Crippen MR) is 119 cm³/mol. The van der Waals surface area contributed by atoms with Gasteiger partial charge in [0.15, 0.2) is 11.5 Å². The van der Waals surface area contributed by atoms with Gasteiger partial charge < -0.3 is 18.9 Å². The first-order chi connectivity index (χ1) is 15.1. The van der Waals surface area contributed by atoms with Crippen LogP contribution in [0.3, 0.4) is 0 Å². The monoisotopic (exact) mass is 459 g/mol. The summed E-state index contributed by atoms with van der Waals surface area (Å²) in [6, 6.07) is 11.3. The standard InChI is InChI=1S/C23H22ClNO5S/c1-2-27-19-7-4-3-6-17(19)23-25-16(14-31-23)12-21(26)30-13-15-10-18(24)22-20(11-15)28-8-5-9-29-22/h3-4,6-7,10-11,14H,2,5,8-9,12-13H2,1H3. The highest BCUT2D eigenvalue weighted by Crippen LogP contribution is 2.38. The van der Waals surface area contributed by atoms with Gasteiger partial charge in [-0.2, -0.15) is 0 Å². The summed E-state index contributed by atoms with van der Waals surface area (Å²) in [4.78, 5) is 16.9. The predicted octanol–water partition coefficient (Wildman–Crippen LogP) is 5.31. The summed E-state index contributed by atoms with van der Waals surface area (Å²) in [5.41, 5.74) is 2.32. The van der Waals surface area contributed by atoms with E-state index in [9.17, 15) is 4.79 Å². The molecular formula is C23H22ClNO5S. The highest BCUT2D eigenvalue weighted by atomic mass is 35.5. The number of para-hydroxylation sites is 1. The Morgan fingerprint density at radius 3 is 2.94 bits per heavy atom. The van der Waals surface area contributed by atoms with E-state index in [-0.39, 0.29) is 19.0 Å². The van der Waals surface area contributed by atoms with Crippen LogP contribution in [0.4, 0.5) is 0 Å². The van der Waals surface area contributed by atoms with Crippen LogP contribution in [0.15, 0.2) is 41.8 Å². The minimum absolute atomic E-state index is 0.0889. The molecule has 0 saturated carbocycles. The van der Waals surface area contributed by atoms with Gasteiger partial charge in [-0.1, -0.05) is 23.7 Å². The normalized spacial score (nSPS) is 12.8. The van der Waals surface area contributed by atoms with Crippen molar-refractivity contribution in [2.24, 2.45) is 0 Å². The van der Waals surface area contributed by atoms with Crippen LogP contribution in [0.2, 0.25) is 5.02 Å². The zero-order valence-corrected chi connectivity index (χ0v) is 18.6. The largest absolute Gasteiger partial charge is 0.493 e. The molecule has 0 saturated heterocycles. The van der Waals surface area contributed by atoms with Gasteiger partial charge in [-0.25, -0.2) is 4.98 Å². The third kappa shape index (κ3) is 5.29. The van der Waals surface area contributed by atoms with Crippen molar-refractivity contribution in [3.63, 3.8) is 0 Å². The van der Waals surface area contributed by atoms with Crippen LogP contribution in [-0.4, -0.2) is 30.8 Å². The number of halogens is 1. The molecule has 0 bridgehead atoms. The van der Waals surface area contributed by atoms with Crippen LogP contribution in [0.5, 0.6) is 17.2 Å². The fourth-order valence-electron chi connectivity index (χ4n) is 3.17. The number of carbonyl (C=O) groups is 1. The Morgan fingerprint density at radius 1 is 1.23 bits per heavy atom. The average molecular weight is 460 g/mol. The maximum Gasteiger partial charge on any atom is 0.312 e. The van der Waals surface area contributed by atoms with E-state index in [1.165, 1.54) is 11.3 Å². The van der Waals surface area contributed by atoms with Gasteiger partial charge in [0.25, 0.3) is 0 Å². The highest BCUT2D eigenvalue weighted by Gasteiger charge is 2.17. The Kier molecular flexibility index (Phi) is 6.94. The number of rotatable bonds is 7. The van der Waals surface area contributed by atoms with Crippen LogP contribution < -0.4 is 14.2 Å². The van der Waals surface area contributed by atoms with Crippen LogP contribution in [0, 0.1) is 0 Å². The number of benzene rings is 2. The summed E-state index contributed by atoms with van der Waals surface area (Å²) in [5.74, 6) is 1.53. The summed E-state index contributed by atoms with van der Waals surface area (Å²) in [5, 5.41) is 3.12. The number of hydrogen-bond donors (Lipinski definition) is 0. The molecule has 1 aliphatic heterocycles. The van der Waals surface area contributed by atoms with Crippen molar-refractivity contribution >= 4 is 28.9 Å². The van der Waals surface area contributed by atoms with Crippen molar-refractivity contribution < 1.29 is 23.7 Å². The Hall–Kier alpha value is -2.77. The lowest BCUT2D eigenvalue weighted by Crippen LogP contribution is -2.08. The van der Waals surface area contributed by atoms with E-state index in [1.807, 2.05) is 36.6 Å². The Morgan fingerprint density at radius 2 is 2.06 bits per heavy atom. The van der Waals surface area contributed by atoms with Crippen molar-refractivity contribution in [2.45, 2.75) is 26.4 Å².